The lowest BCUT2D eigenvalue weighted by atomic mass is 9.78. The maximum Gasteiger partial charge on any atom is 0.312 e. The van der Waals surface area contributed by atoms with Crippen LogP contribution in [-0.4, -0.2) is 18.4 Å². The molecule has 3 fully saturated rings. The van der Waals surface area contributed by atoms with Crippen molar-refractivity contribution in [2.24, 2.45) is 23.7 Å². The Kier molecular flexibility index (Phi) is 1.67. The van der Waals surface area contributed by atoms with Crippen LogP contribution in [-0.2, 0) is 14.3 Å². The van der Waals surface area contributed by atoms with Gasteiger partial charge in [-0.1, -0.05) is 12.2 Å². The smallest absolute Gasteiger partial charge is 0.312 e. The molecule has 0 aromatic heterocycles. The molecule has 0 N–H and O–H groups in total. The van der Waals surface area contributed by atoms with E-state index in [9.17, 15) is 4.79 Å². The molecule has 5 atom stereocenters. The van der Waals surface area contributed by atoms with Gasteiger partial charge in [-0.2, -0.15) is 0 Å². The van der Waals surface area contributed by atoms with Crippen molar-refractivity contribution in [3.8, 4) is 0 Å². The van der Waals surface area contributed by atoms with Crippen molar-refractivity contribution >= 4 is 5.97 Å². The Morgan fingerprint density at radius 2 is 2.12 bits per heavy atom. The fraction of sp³-hybridized carbons (Fsp3) is 0.769. The lowest BCUT2D eigenvalue weighted by molar-refractivity contribution is -0.249. The van der Waals surface area contributed by atoms with E-state index >= 15 is 0 Å². The van der Waals surface area contributed by atoms with Gasteiger partial charge in [0.05, 0.1) is 12.5 Å². The van der Waals surface area contributed by atoms with Crippen LogP contribution >= 0.6 is 0 Å². The molecule has 0 aromatic carbocycles. The zero-order valence-electron chi connectivity index (χ0n) is 9.22. The minimum Gasteiger partial charge on any atom is -0.432 e. The van der Waals surface area contributed by atoms with Crippen molar-refractivity contribution in [2.75, 3.05) is 6.61 Å². The highest BCUT2D eigenvalue weighted by molar-refractivity contribution is 5.77. The van der Waals surface area contributed by atoms with E-state index in [1.54, 1.807) is 0 Å². The van der Waals surface area contributed by atoms with Gasteiger partial charge in [-0.15, -0.1) is 0 Å². The molecule has 86 valence electrons. The minimum atomic E-state index is -0.551. The SMILES string of the molecule is O=C1OC2(CCCCO2)C2C3C=CC(C3)C12. The molecular weight excluding hydrogens is 204 g/mol. The largest absolute Gasteiger partial charge is 0.432 e. The van der Waals surface area contributed by atoms with Gasteiger partial charge in [-0.3, -0.25) is 4.79 Å². The van der Waals surface area contributed by atoms with E-state index < -0.39 is 5.79 Å². The number of hydrogen-bond acceptors (Lipinski definition) is 3. The Labute approximate surface area is 94.8 Å². The standard InChI is InChI=1S/C13H16O3/c14-12-10-8-3-4-9(7-8)11(10)13(16-12)5-1-2-6-15-13/h3-4,8-11H,1-2,5-7H2. The fourth-order valence-corrected chi connectivity index (χ4v) is 4.18. The van der Waals surface area contributed by atoms with Crippen LogP contribution in [0, 0.1) is 23.7 Å². The summed E-state index contributed by atoms with van der Waals surface area (Å²) in [5, 5.41) is 0. The summed E-state index contributed by atoms with van der Waals surface area (Å²) in [5.41, 5.74) is 0. The van der Waals surface area contributed by atoms with Gasteiger partial charge in [-0.05, 0) is 31.1 Å². The van der Waals surface area contributed by atoms with Crippen molar-refractivity contribution in [1.29, 1.82) is 0 Å². The molecule has 4 aliphatic rings. The highest BCUT2D eigenvalue weighted by Crippen LogP contribution is 2.59. The Hall–Kier alpha value is -0.830. The van der Waals surface area contributed by atoms with E-state index in [0.29, 0.717) is 17.8 Å². The molecule has 3 nitrogen and oxygen atoms in total. The quantitative estimate of drug-likeness (QED) is 0.462. The summed E-state index contributed by atoms with van der Waals surface area (Å²) in [6.45, 7) is 0.748. The maximum absolute atomic E-state index is 12.0. The molecule has 2 saturated heterocycles. The molecule has 2 aliphatic heterocycles. The van der Waals surface area contributed by atoms with E-state index in [1.807, 2.05) is 0 Å². The molecule has 1 saturated carbocycles. The van der Waals surface area contributed by atoms with Crippen LogP contribution in [0.4, 0.5) is 0 Å². The zero-order valence-corrected chi connectivity index (χ0v) is 9.22. The zero-order chi connectivity index (χ0) is 10.8. The number of rotatable bonds is 0. The topological polar surface area (TPSA) is 35.5 Å². The number of carbonyl (C=O) groups is 1. The Balaban J connectivity index is 1.75. The summed E-state index contributed by atoms with van der Waals surface area (Å²) in [4.78, 5) is 12.0. The molecule has 3 heteroatoms. The van der Waals surface area contributed by atoms with Crippen molar-refractivity contribution in [2.45, 2.75) is 31.5 Å². The van der Waals surface area contributed by atoms with Crippen molar-refractivity contribution in [3.05, 3.63) is 12.2 Å². The van der Waals surface area contributed by atoms with E-state index in [2.05, 4.69) is 12.2 Å². The molecule has 2 bridgehead atoms. The average Bonchev–Trinajstić information content (AvgIpc) is 2.94. The number of carbonyl (C=O) groups excluding carboxylic acids is 1. The number of fused-ring (bicyclic) bond motifs is 6. The van der Waals surface area contributed by atoms with Crippen molar-refractivity contribution in [1.82, 2.24) is 0 Å². The fourth-order valence-electron chi connectivity index (χ4n) is 4.18. The van der Waals surface area contributed by atoms with Crippen LogP contribution in [0.1, 0.15) is 25.7 Å². The molecule has 5 unspecified atom stereocenters. The molecule has 0 aromatic rings. The van der Waals surface area contributed by atoms with Crippen LogP contribution in [0.25, 0.3) is 0 Å². The van der Waals surface area contributed by atoms with Crippen LogP contribution in [0.15, 0.2) is 12.2 Å². The second-order valence-electron chi connectivity index (χ2n) is 5.54. The van der Waals surface area contributed by atoms with E-state index in [1.165, 1.54) is 0 Å². The summed E-state index contributed by atoms with van der Waals surface area (Å²) in [6, 6.07) is 0. The first kappa shape index (κ1) is 9.23. The normalized spacial score (nSPS) is 53.4. The first-order valence-corrected chi connectivity index (χ1v) is 6.35. The van der Waals surface area contributed by atoms with Crippen LogP contribution in [0.2, 0.25) is 0 Å². The van der Waals surface area contributed by atoms with Crippen molar-refractivity contribution in [3.63, 3.8) is 0 Å². The second kappa shape index (κ2) is 2.89. The van der Waals surface area contributed by atoms with Gasteiger partial charge in [0.2, 0.25) is 5.79 Å². The first-order chi connectivity index (χ1) is 7.80. The third-order valence-electron chi connectivity index (χ3n) is 4.78. The minimum absolute atomic E-state index is 0.0104. The number of ether oxygens (including phenoxy) is 2. The lowest BCUT2D eigenvalue weighted by Gasteiger charge is -2.38. The molecule has 2 heterocycles. The predicted octanol–water partition coefficient (Wildman–Crippen LogP) is 1.88. The monoisotopic (exact) mass is 220 g/mol. The molecule has 0 radical (unpaired) electrons. The van der Waals surface area contributed by atoms with E-state index in [0.717, 1.165) is 32.3 Å². The summed E-state index contributed by atoms with van der Waals surface area (Å²) in [6.07, 6.45) is 8.73. The highest BCUT2D eigenvalue weighted by atomic mass is 16.7. The number of esters is 1. The molecule has 4 rings (SSSR count). The van der Waals surface area contributed by atoms with Gasteiger partial charge in [0.15, 0.2) is 0 Å². The van der Waals surface area contributed by atoms with Gasteiger partial charge in [0, 0.05) is 12.3 Å². The van der Waals surface area contributed by atoms with Gasteiger partial charge in [-0.25, -0.2) is 0 Å². The summed E-state index contributed by atoms with van der Waals surface area (Å²) in [5.74, 6) is 0.767. The molecule has 16 heavy (non-hydrogen) atoms. The lowest BCUT2D eigenvalue weighted by Crippen LogP contribution is -2.44. The summed E-state index contributed by atoms with van der Waals surface area (Å²) >= 11 is 0. The number of hydrogen-bond donors (Lipinski definition) is 0. The molecular formula is C13H16O3. The average molecular weight is 220 g/mol. The third kappa shape index (κ3) is 0.956. The van der Waals surface area contributed by atoms with Gasteiger partial charge in [0.25, 0.3) is 0 Å². The first-order valence-electron chi connectivity index (χ1n) is 6.35. The van der Waals surface area contributed by atoms with E-state index in [-0.39, 0.29) is 11.9 Å². The Bertz CT molecular complexity index is 367. The number of allylic oxidation sites excluding steroid dienone is 2. The van der Waals surface area contributed by atoms with Crippen LogP contribution < -0.4 is 0 Å². The van der Waals surface area contributed by atoms with Crippen molar-refractivity contribution < 1.29 is 14.3 Å². The third-order valence-corrected chi connectivity index (χ3v) is 4.78. The van der Waals surface area contributed by atoms with Crippen LogP contribution in [0.3, 0.4) is 0 Å². The van der Waals surface area contributed by atoms with Gasteiger partial charge < -0.3 is 9.47 Å². The Morgan fingerprint density at radius 3 is 2.94 bits per heavy atom. The molecule has 0 amide bonds. The molecule has 2 aliphatic carbocycles. The highest BCUT2D eigenvalue weighted by Gasteiger charge is 2.65. The van der Waals surface area contributed by atoms with Gasteiger partial charge >= 0.3 is 5.97 Å². The summed E-state index contributed by atoms with van der Waals surface area (Å²) < 4.78 is 11.5. The second-order valence-corrected chi connectivity index (χ2v) is 5.54. The van der Waals surface area contributed by atoms with E-state index in [4.69, 9.17) is 9.47 Å². The van der Waals surface area contributed by atoms with Gasteiger partial charge in [0.1, 0.15) is 0 Å². The predicted molar refractivity (Wildman–Crippen MR) is 56.3 cm³/mol. The summed E-state index contributed by atoms with van der Waals surface area (Å²) in [7, 11) is 0. The van der Waals surface area contributed by atoms with Crippen LogP contribution in [0.5, 0.6) is 0 Å². The maximum atomic E-state index is 12.0. The Morgan fingerprint density at radius 1 is 1.25 bits per heavy atom. The molecule has 1 spiro atoms.